The van der Waals surface area contributed by atoms with Gasteiger partial charge in [0, 0.05) is 19.1 Å². The largest absolute Gasteiger partial charge is 0.355 e. The lowest BCUT2D eigenvalue weighted by molar-refractivity contribution is -0.120. The van der Waals surface area contributed by atoms with Crippen molar-refractivity contribution in [1.29, 1.82) is 0 Å². The van der Waals surface area contributed by atoms with Crippen LogP contribution >= 0.6 is 0 Å². The maximum absolute atomic E-state index is 13.1. The summed E-state index contributed by atoms with van der Waals surface area (Å²) in [5.41, 5.74) is 1.75. The van der Waals surface area contributed by atoms with Gasteiger partial charge in [0.1, 0.15) is 5.82 Å². The smallest absolute Gasteiger partial charge is 0.224 e. The van der Waals surface area contributed by atoms with E-state index in [0.29, 0.717) is 12.3 Å². The minimum atomic E-state index is -0.246. The number of benzene rings is 1. The highest BCUT2D eigenvalue weighted by molar-refractivity contribution is 5.78. The van der Waals surface area contributed by atoms with E-state index in [0.717, 1.165) is 30.3 Å². The Hall–Kier alpha value is -1.42. The highest BCUT2D eigenvalue weighted by Crippen LogP contribution is 2.28. The first-order valence-corrected chi connectivity index (χ1v) is 8.87. The Morgan fingerprint density at radius 1 is 1.30 bits per heavy atom. The van der Waals surface area contributed by atoms with Gasteiger partial charge in [-0.15, -0.1) is 0 Å². The summed E-state index contributed by atoms with van der Waals surface area (Å²) in [4.78, 5) is 14.7. The zero-order valence-electron chi connectivity index (χ0n) is 14.0. The summed E-state index contributed by atoms with van der Waals surface area (Å²) >= 11 is 0. The molecule has 1 amide bonds. The molecule has 0 unspecified atom stereocenters. The summed E-state index contributed by atoms with van der Waals surface area (Å²) in [6.45, 7) is 4.92. The fraction of sp³-hybridized carbons (Fsp3) is 0.632. The lowest BCUT2D eigenvalue weighted by atomic mass is 10.0. The molecule has 0 spiro atoms. The zero-order chi connectivity index (χ0) is 16.2. The third kappa shape index (κ3) is 4.31. The predicted molar refractivity (Wildman–Crippen MR) is 89.8 cm³/mol. The van der Waals surface area contributed by atoms with Gasteiger partial charge in [0.2, 0.25) is 5.91 Å². The number of carbonyl (C=O) groups is 1. The van der Waals surface area contributed by atoms with Gasteiger partial charge in [0.05, 0.1) is 6.42 Å². The van der Waals surface area contributed by atoms with Crippen LogP contribution < -0.4 is 5.32 Å². The first-order chi connectivity index (χ1) is 11.1. The molecule has 1 N–H and O–H groups in total. The van der Waals surface area contributed by atoms with Crippen LogP contribution in [-0.2, 0) is 11.2 Å². The molecule has 1 heterocycles. The lowest BCUT2D eigenvalue weighted by Crippen LogP contribution is -2.34. The van der Waals surface area contributed by atoms with E-state index in [-0.39, 0.29) is 11.7 Å². The van der Waals surface area contributed by atoms with Gasteiger partial charge in [0.25, 0.3) is 0 Å². The molecule has 1 aliphatic heterocycles. The Labute approximate surface area is 138 Å². The summed E-state index contributed by atoms with van der Waals surface area (Å²) < 4.78 is 13.1. The van der Waals surface area contributed by atoms with E-state index in [1.54, 1.807) is 6.07 Å². The Balaban J connectivity index is 1.42. The molecule has 1 aliphatic carbocycles. The second-order valence-electron chi connectivity index (χ2n) is 7.14. The SMILES string of the molecule is Cc1cc(F)ccc1CC(=O)NC[C@H]1CCN(C2CCCC2)C1. The van der Waals surface area contributed by atoms with Crippen LogP contribution in [0.3, 0.4) is 0 Å². The number of hydrogen-bond acceptors (Lipinski definition) is 2. The molecule has 3 nitrogen and oxygen atoms in total. The van der Waals surface area contributed by atoms with Crippen LogP contribution in [0.1, 0.15) is 43.2 Å². The van der Waals surface area contributed by atoms with Crippen molar-refractivity contribution in [3.05, 3.63) is 35.1 Å². The van der Waals surface area contributed by atoms with Gasteiger partial charge in [-0.1, -0.05) is 18.9 Å². The number of halogens is 1. The molecule has 3 rings (SSSR count). The second-order valence-corrected chi connectivity index (χ2v) is 7.14. The van der Waals surface area contributed by atoms with Crippen LogP contribution in [0, 0.1) is 18.7 Å². The molecule has 1 aromatic carbocycles. The highest BCUT2D eigenvalue weighted by atomic mass is 19.1. The average Bonchev–Trinajstić information content (AvgIpc) is 3.18. The second kappa shape index (κ2) is 7.43. The van der Waals surface area contributed by atoms with Crippen LogP contribution in [0.25, 0.3) is 0 Å². The van der Waals surface area contributed by atoms with E-state index in [9.17, 15) is 9.18 Å². The minimum Gasteiger partial charge on any atom is -0.355 e. The number of amides is 1. The van der Waals surface area contributed by atoms with Crippen molar-refractivity contribution < 1.29 is 9.18 Å². The summed E-state index contributed by atoms with van der Waals surface area (Å²) in [7, 11) is 0. The van der Waals surface area contributed by atoms with Gasteiger partial charge in [-0.3, -0.25) is 4.79 Å². The standard InChI is InChI=1S/C19H27FN2O/c1-14-10-17(20)7-6-16(14)11-19(23)21-12-15-8-9-22(13-15)18-4-2-3-5-18/h6-7,10,15,18H,2-5,8-9,11-13H2,1H3,(H,21,23)/t15-/m1/s1. The van der Waals surface area contributed by atoms with Gasteiger partial charge in [-0.25, -0.2) is 4.39 Å². The van der Waals surface area contributed by atoms with E-state index >= 15 is 0 Å². The summed E-state index contributed by atoms with van der Waals surface area (Å²) in [5, 5.41) is 3.07. The number of rotatable bonds is 5. The number of hydrogen-bond donors (Lipinski definition) is 1. The molecule has 4 heteroatoms. The van der Waals surface area contributed by atoms with E-state index in [1.165, 1.54) is 50.8 Å². The fourth-order valence-electron chi connectivity index (χ4n) is 3.98. The number of nitrogens with one attached hydrogen (secondary N) is 1. The van der Waals surface area contributed by atoms with Crippen LogP contribution in [0.4, 0.5) is 4.39 Å². The molecule has 2 fully saturated rings. The maximum atomic E-state index is 13.1. The number of nitrogens with zero attached hydrogens (tertiary/aromatic N) is 1. The van der Waals surface area contributed by atoms with Crippen LogP contribution in [0.2, 0.25) is 0 Å². The van der Waals surface area contributed by atoms with Crippen molar-refractivity contribution in [3.8, 4) is 0 Å². The number of carbonyl (C=O) groups excluding carboxylic acids is 1. The molecule has 0 radical (unpaired) electrons. The summed E-state index contributed by atoms with van der Waals surface area (Å²) in [6.07, 6.45) is 6.97. The average molecular weight is 318 g/mol. The summed E-state index contributed by atoms with van der Waals surface area (Å²) in [5.74, 6) is 0.373. The molecule has 1 aromatic rings. The quantitative estimate of drug-likeness (QED) is 0.905. The Kier molecular flexibility index (Phi) is 5.31. The number of aryl methyl sites for hydroxylation is 1. The molecule has 126 valence electrons. The van der Waals surface area contributed by atoms with Gasteiger partial charge in [-0.2, -0.15) is 0 Å². The Morgan fingerprint density at radius 2 is 2.09 bits per heavy atom. The molecule has 23 heavy (non-hydrogen) atoms. The topological polar surface area (TPSA) is 32.3 Å². The molecule has 0 aromatic heterocycles. The lowest BCUT2D eigenvalue weighted by Gasteiger charge is -2.23. The normalized spacial score (nSPS) is 22.6. The monoisotopic (exact) mass is 318 g/mol. The Bertz CT molecular complexity index is 554. The van der Waals surface area contributed by atoms with Crippen LogP contribution in [0.5, 0.6) is 0 Å². The molecule has 2 aliphatic rings. The van der Waals surface area contributed by atoms with Crippen molar-refractivity contribution in [1.82, 2.24) is 10.2 Å². The van der Waals surface area contributed by atoms with E-state index < -0.39 is 0 Å². The number of likely N-dealkylation sites (tertiary alicyclic amines) is 1. The van der Waals surface area contributed by atoms with Crippen molar-refractivity contribution in [3.63, 3.8) is 0 Å². The Morgan fingerprint density at radius 3 is 2.83 bits per heavy atom. The van der Waals surface area contributed by atoms with Crippen molar-refractivity contribution >= 4 is 5.91 Å². The molecule has 1 atom stereocenters. The predicted octanol–water partition coefficient (Wildman–Crippen LogP) is 3.06. The minimum absolute atomic E-state index is 0.0408. The fourth-order valence-corrected chi connectivity index (χ4v) is 3.98. The van der Waals surface area contributed by atoms with Crippen LogP contribution in [-0.4, -0.2) is 36.5 Å². The van der Waals surface area contributed by atoms with Crippen molar-refractivity contribution in [2.75, 3.05) is 19.6 Å². The van der Waals surface area contributed by atoms with Crippen molar-refractivity contribution in [2.24, 2.45) is 5.92 Å². The highest BCUT2D eigenvalue weighted by Gasteiger charge is 2.29. The third-order valence-electron chi connectivity index (χ3n) is 5.40. The first-order valence-electron chi connectivity index (χ1n) is 8.87. The van der Waals surface area contributed by atoms with Gasteiger partial charge in [0.15, 0.2) is 0 Å². The molecule has 0 bridgehead atoms. The van der Waals surface area contributed by atoms with Crippen LogP contribution in [0.15, 0.2) is 18.2 Å². The van der Waals surface area contributed by atoms with Gasteiger partial charge in [-0.05, 0) is 61.9 Å². The van der Waals surface area contributed by atoms with E-state index in [2.05, 4.69) is 10.2 Å². The summed E-state index contributed by atoms with van der Waals surface area (Å²) in [6, 6.07) is 5.41. The van der Waals surface area contributed by atoms with Gasteiger partial charge >= 0.3 is 0 Å². The first kappa shape index (κ1) is 16.4. The maximum Gasteiger partial charge on any atom is 0.224 e. The third-order valence-corrected chi connectivity index (χ3v) is 5.40. The van der Waals surface area contributed by atoms with Gasteiger partial charge < -0.3 is 10.2 Å². The van der Waals surface area contributed by atoms with Crippen molar-refractivity contribution in [2.45, 2.75) is 51.5 Å². The zero-order valence-corrected chi connectivity index (χ0v) is 14.0. The van der Waals surface area contributed by atoms with E-state index in [1.807, 2.05) is 6.92 Å². The molecular formula is C19H27FN2O. The molecule has 1 saturated heterocycles. The molecular weight excluding hydrogens is 291 g/mol. The molecule has 1 saturated carbocycles. The van der Waals surface area contributed by atoms with E-state index in [4.69, 9.17) is 0 Å².